The first kappa shape index (κ1) is 8.83. The molecule has 0 amide bonds. The van der Waals surface area contributed by atoms with Crippen molar-refractivity contribution in [1.29, 1.82) is 0 Å². The summed E-state index contributed by atoms with van der Waals surface area (Å²) in [5.41, 5.74) is 1.70. The van der Waals surface area contributed by atoms with Crippen molar-refractivity contribution in [2.45, 2.75) is 46.5 Å². The molecule has 0 spiro atoms. The summed E-state index contributed by atoms with van der Waals surface area (Å²) in [4.78, 5) is 0. The van der Waals surface area contributed by atoms with Gasteiger partial charge in [-0.05, 0) is 31.1 Å². The standard InChI is InChI=1S/C11H20/c1-9(2)6-4-5-7-11-8-10(11)3/h7,9-10H,4-6,8H2,1-3H3. The topological polar surface area (TPSA) is 0 Å². The zero-order valence-electron chi connectivity index (χ0n) is 8.06. The van der Waals surface area contributed by atoms with E-state index >= 15 is 0 Å². The van der Waals surface area contributed by atoms with Crippen LogP contribution in [-0.4, -0.2) is 0 Å². The van der Waals surface area contributed by atoms with Crippen LogP contribution >= 0.6 is 0 Å². The Labute approximate surface area is 70.7 Å². The molecule has 64 valence electrons. The molecule has 1 unspecified atom stereocenters. The van der Waals surface area contributed by atoms with Crippen LogP contribution < -0.4 is 0 Å². The number of rotatable bonds is 4. The molecule has 0 aromatic heterocycles. The van der Waals surface area contributed by atoms with Crippen LogP contribution in [0, 0.1) is 11.8 Å². The zero-order chi connectivity index (χ0) is 8.27. The molecule has 0 heteroatoms. The van der Waals surface area contributed by atoms with Gasteiger partial charge in [-0.2, -0.15) is 0 Å². The quantitative estimate of drug-likeness (QED) is 0.425. The Morgan fingerprint density at radius 2 is 2.18 bits per heavy atom. The monoisotopic (exact) mass is 152 g/mol. The first-order valence-electron chi connectivity index (χ1n) is 4.89. The largest absolute Gasteiger partial charge is 0.0850 e. The maximum Gasteiger partial charge on any atom is -0.0194 e. The van der Waals surface area contributed by atoms with Gasteiger partial charge >= 0.3 is 0 Å². The molecule has 1 saturated carbocycles. The lowest BCUT2D eigenvalue weighted by Gasteiger charge is -2.00. The van der Waals surface area contributed by atoms with Gasteiger partial charge < -0.3 is 0 Å². The summed E-state index contributed by atoms with van der Waals surface area (Å²) in [5.74, 6) is 1.80. The highest BCUT2D eigenvalue weighted by Gasteiger charge is 2.22. The maximum atomic E-state index is 2.45. The third-order valence-electron chi connectivity index (χ3n) is 2.41. The van der Waals surface area contributed by atoms with Crippen molar-refractivity contribution in [1.82, 2.24) is 0 Å². The summed E-state index contributed by atoms with van der Waals surface area (Å²) >= 11 is 0. The molecule has 0 radical (unpaired) electrons. The van der Waals surface area contributed by atoms with Gasteiger partial charge in [-0.15, -0.1) is 0 Å². The molecule has 11 heavy (non-hydrogen) atoms. The van der Waals surface area contributed by atoms with Crippen LogP contribution in [0.2, 0.25) is 0 Å². The van der Waals surface area contributed by atoms with Crippen molar-refractivity contribution >= 4 is 0 Å². The summed E-state index contributed by atoms with van der Waals surface area (Å²) in [7, 11) is 0. The van der Waals surface area contributed by atoms with E-state index in [9.17, 15) is 0 Å². The van der Waals surface area contributed by atoms with E-state index < -0.39 is 0 Å². The Morgan fingerprint density at radius 1 is 1.55 bits per heavy atom. The Kier molecular flexibility index (Phi) is 3.16. The van der Waals surface area contributed by atoms with Crippen molar-refractivity contribution in [2.75, 3.05) is 0 Å². The highest BCUT2D eigenvalue weighted by molar-refractivity contribution is 5.21. The van der Waals surface area contributed by atoms with Gasteiger partial charge in [-0.3, -0.25) is 0 Å². The zero-order valence-corrected chi connectivity index (χ0v) is 8.06. The molecule has 0 saturated heterocycles. The normalized spacial score (nSPS) is 26.5. The molecule has 1 aliphatic carbocycles. The Balaban J connectivity index is 1.97. The summed E-state index contributed by atoms with van der Waals surface area (Å²) < 4.78 is 0. The van der Waals surface area contributed by atoms with Crippen LogP contribution in [0.1, 0.15) is 46.5 Å². The number of hydrogen-bond donors (Lipinski definition) is 0. The van der Waals surface area contributed by atoms with E-state index in [0.29, 0.717) is 0 Å². The van der Waals surface area contributed by atoms with Crippen LogP contribution in [0.5, 0.6) is 0 Å². The van der Waals surface area contributed by atoms with E-state index in [2.05, 4.69) is 26.8 Å². The Bertz CT molecular complexity index is 142. The van der Waals surface area contributed by atoms with E-state index in [0.717, 1.165) is 11.8 Å². The molecule has 0 bridgehead atoms. The van der Waals surface area contributed by atoms with Gasteiger partial charge in [-0.25, -0.2) is 0 Å². The van der Waals surface area contributed by atoms with Crippen LogP contribution in [0.4, 0.5) is 0 Å². The van der Waals surface area contributed by atoms with Gasteiger partial charge in [-0.1, -0.05) is 38.8 Å². The molecule has 1 atom stereocenters. The summed E-state index contributed by atoms with van der Waals surface area (Å²) in [5, 5.41) is 0. The molecule has 1 rings (SSSR count). The predicted octanol–water partition coefficient (Wildman–Crippen LogP) is 3.78. The molecule has 0 heterocycles. The number of hydrogen-bond acceptors (Lipinski definition) is 0. The third kappa shape index (κ3) is 3.60. The van der Waals surface area contributed by atoms with E-state index in [1.165, 1.54) is 25.7 Å². The van der Waals surface area contributed by atoms with Crippen LogP contribution in [0.3, 0.4) is 0 Å². The minimum Gasteiger partial charge on any atom is -0.0850 e. The van der Waals surface area contributed by atoms with Gasteiger partial charge in [0, 0.05) is 0 Å². The second-order valence-electron chi connectivity index (χ2n) is 4.21. The lowest BCUT2D eigenvalue weighted by molar-refractivity contribution is 0.559. The summed E-state index contributed by atoms with van der Waals surface area (Å²) in [6.07, 6.45) is 7.92. The molecular formula is C11H20. The van der Waals surface area contributed by atoms with Crippen molar-refractivity contribution in [2.24, 2.45) is 11.8 Å². The lowest BCUT2D eigenvalue weighted by atomic mass is 10.1. The van der Waals surface area contributed by atoms with E-state index in [4.69, 9.17) is 0 Å². The second kappa shape index (κ2) is 3.94. The third-order valence-corrected chi connectivity index (χ3v) is 2.41. The van der Waals surface area contributed by atoms with Crippen molar-refractivity contribution in [3.63, 3.8) is 0 Å². The number of allylic oxidation sites excluding steroid dienone is 2. The molecule has 0 nitrogen and oxygen atoms in total. The Morgan fingerprint density at radius 3 is 2.64 bits per heavy atom. The highest BCUT2D eigenvalue weighted by Crippen LogP contribution is 2.37. The molecule has 0 N–H and O–H groups in total. The Hall–Kier alpha value is -0.260. The van der Waals surface area contributed by atoms with Crippen LogP contribution in [0.25, 0.3) is 0 Å². The molecule has 1 fully saturated rings. The van der Waals surface area contributed by atoms with Gasteiger partial charge in [0.1, 0.15) is 0 Å². The molecule has 0 aromatic rings. The summed E-state index contributed by atoms with van der Waals surface area (Å²) in [6.45, 7) is 6.91. The minimum atomic E-state index is 0.880. The highest BCUT2D eigenvalue weighted by atomic mass is 14.3. The average molecular weight is 152 g/mol. The maximum absolute atomic E-state index is 2.45. The van der Waals surface area contributed by atoms with Crippen molar-refractivity contribution in [3.8, 4) is 0 Å². The van der Waals surface area contributed by atoms with Crippen LogP contribution in [0.15, 0.2) is 11.6 Å². The van der Waals surface area contributed by atoms with E-state index in [1.807, 2.05) is 0 Å². The van der Waals surface area contributed by atoms with Crippen LogP contribution in [-0.2, 0) is 0 Å². The molecular weight excluding hydrogens is 132 g/mol. The number of unbranched alkanes of at least 4 members (excludes halogenated alkanes) is 1. The average Bonchev–Trinajstić information content (AvgIpc) is 2.59. The predicted molar refractivity (Wildman–Crippen MR) is 50.6 cm³/mol. The minimum absolute atomic E-state index is 0.880. The van der Waals surface area contributed by atoms with Gasteiger partial charge in [0.25, 0.3) is 0 Å². The first-order valence-corrected chi connectivity index (χ1v) is 4.89. The van der Waals surface area contributed by atoms with E-state index in [-0.39, 0.29) is 0 Å². The summed E-state index contributed by atoms with van der Waals surface area (Å²) in [6, 6.07) is 0. The van der Waals surface area contributed by atoms with Gasteiger partial charge in [0.2, 0.25) is 0 Å². The van der Waals surface area contributed by atoms with E-state index in [1.54, 1.807) is 5.57 Å². The SMILES string of the molecule is CC(C)CCCC=C1CC1C. The fourth-order valence-electron chi connectivity index (χ4n) is 1.39. The fourth-order valence-corrected chi connectivity index (χ4v) is 1.39. The van der Waals surface area contributed by atoms with Gasteiger partial charge in [0.05, 0.1) is 0 Å². The lowest BCUT2D eigenvalue weighted by Crippen LogP contribution is -1.84. The van der Waals surface area contributed by atoms with Crippen molar-refractivity contribution < 1.29 is 0 Å². The van der Waals surface area contributed by atoms with Gasteiger partial charge in [0.15, 0.2) is 0 Å². The first-order chi connectivity index (χ1) is 5.20. The second-order valence-corrected chi connectivity index (χ2v) is 4.21. The smallest absolute Gasteiger partial charge is 0.0194 e. The molecule has 1 aliphatic rings. The fraction of sp³-hybridized carbons (Fsp3) is 0.818. The molecule has 0 aliphatic heterocycles. The van der Waals surface area contributed by atoms with Crippen molar-refractivity contribution in [3.05, 3.63) is 11.6 Å². The molecule has 0 aromatic carbocycles.